The molecule has 0 saturated carbocycles. The maximum atomic E-state index is 6.13. The van der Waals surface area contributed by atoms with Gasteiger partial charge in [0.1, 0.15) is 12.4 Å². The monoisotopic (exact) mass is 222 g/mol. The van der Waals surface area contributed by atoms with Gasteiger partial charge in [-0.3, -0.25) is 0 Å². The van der Waals surface area contributed by atoms with Crippen LogP contribution in [0, 0.1) is 0 Å². The van der Waals surface area contributed by atoms with Crippen LogP contribution in [0.2, 0.25) is 0 Å². The number of alkyl halides is 1. The minimum absolute atomic E-state index is 0.0313. The number of rotatable bonds is 0. The number of fused-ring (bicyclic) bond motifs is 3. The lowest BCUT2D eigenvalue weighted by molar-refractivity contribution is 0.124. The molecular formula is C11H11ClN2O. The summed E-state index contributed by atoms with van der Waals surface area (Å²) in [4.78, 5) is 4.53. The van der Waals surface area contributed by atoms with Crippen LogP contribution in [-0.4, -0.2) is 21.5 Å². The molecule has 0 radical (unpaired) electrons. The average Bonchev–Trinajstić information content (AvgIpc) is 2.47. The van der Waals surface area contributed by atoms with Crippen LogP contribution in [0.25, 0.3) is 11.0 Å². The molecule has 0 fully saturated rings. The van der Waals surface area contributed by atoms with Crippen molar-refractivity contribution in [1.82, 2.24) is 9.55 Å². The quantitative estimate of drug-likeness (QED) is 0.639. The number of ether oxygens (including phenoxy) is 1. The molecule has 15 heavy (non-hydrogen) atoms. The molecule has 2 aromatic rings. The summed E-state index contributed by atoms with van der Waals surface area (Å²) in [6, 6.07) is 8.10. The zero-order valence-corrected chi connectivity index (χ0v) is 8.94. The highest BCUT2D eigenvalue weighted by atomic mass is 35.5. The second kappa shape index (κ2) is 3.51. The van der Waals surface area contributed by atoms with Gasteiger partial charge in [-0.2, -0.15) is 0 Å². The summed E-state index contributed by atoms with van der Waals surface area (Å²) in [7, 11) is 0. The molecule has 1 unspecified atom stereocenters. The topological polar surface area (TPSA) is 27.1 Å². The molecule has 1 aromatic heterocycles. The molecule has 0 spiro atoms. The van der Waals surface area contributed by atoms with Crippen molar-refractivity contribution in [2.75, 3.05) is 6.61 Å². The van der Waals surface area contributed by atoms with Crippen molar-refractivity contribution in [3.8, 4) is 0 Å². The first-order valence-electron chi connectivity index (χ1n) is 5.00. The van der Waals surface area contributed by atoms with Gasteiger partial charge in [0.15, 0.2) is 0 Å². The minimum atomic E-state index is 0.0313. The molecule has 1 atom stereocenters. The SMILES string of the molecule is ClC1COCc2nc3ccccc3n2C1. The smallest absolute Gasteiger partial charge is 0.136 e. The molecule has 0 bridgehead atoms. The fourth-order valence-corrected chi connectivity index (χ4v) is 2.20. The maximum Gasteiger partial charge on any atom is 0.136 e. The van der Waals surface area contributed by atoms with E-state index < -0.39 is 0 Å². The molecule has 4 heteroatoms. The summed E-state index contributed by atoms with van der Waals surface area (Å²) in [5, 5.41) is 0.0313. The summed E-state index contributed by atoms with van der Waals surface area (Å²) >= 11 is 6.13. The molecule has 0 aliphatic carbocycles. The molecule has 78 valence electrons. The molecule has 0 N–H and O–H groups in total. The molecule has 0 amide bonds. The molecular weight excluding hydrogens is 212 g/mol. The number of hydrogen-bond acceptors (Lipinski definition) is 2. The van der Waals surface area contributed by atoms with Gasteiger partial charge in [-0.05, 0) is 12.1 Å². The molecule has 1 aliphatic heterocycles. The minimum Gasteiger partial charge on any atom is -0.372 e. The van der Waals surface area contributed by atoms with Crippen LogP contribution in [0.4, 0.5) is 0 Å². The van der Waals surface area contributed by atoms with Crippen molar-refractivity contribution in [1.29, 1.82) is 0 Å². The van der Waals surface area contributed by atoms with Gasteiger partial charge in [0.25, 0.3) is 0 Å². The van der Waals surface area contributed by atoms with E-state index >= 15 is 0 Å². The first-order valence-corrected chi connectivity index (χ1v) is 5.44. The van der Waals surface area contributed by atoms with Gasteiger partial charge < -0.3 is 9.30 Å². The van der Waals surface area contributed by atoms with Crippen LogP contribution in [0.15, 0.2) is 24.3 Å². The average molecular weight is 223 g/mol. The Hall–Kier alpha value is -1.06. The number of aromatic nitrogens is 2. The van der Waals surface area contributed by atoms with Gasteiger partial charge >= 0.3 is 0 Å². The predicted octanol–water partition coefficient (Wildman–Crippen LogP) is 2.17. The summed E-state index contributed by atoms with van der Waals surface area (Å²) < 4.78 is 7.60. The molecule has 1 aliphatic rings. The Morgan fingerprint density at radius 1 is 1.40 bits per heavy atom. The number of halogens is 1. The number of benzene rings is 1. The van der Waals surface area contributed by atoms with E-state index in [-0.39, 0.29) is 5.38 Å². The maximum absolute atomic E-state index is 6.13. The van der Waals surface area contributed by atoms with Crippen LogP contribution in [-0.2, 0) is 17.9 Å². The van der Waals surface area contributed by atoms with Crippen molar-refractivity contribution in [3.63, 3.8) is 0 Å². The Morgan fingerprint density at radius 2 is 2.27 bits per heavy atom. The Labute approximate surface area is 92.6 Å². The third-order valence-electron chi connectivity index (χ3n) is 2.64. The van der Waals surface area contributed by atoms with Gasteiger partial charge in [0.05, 0.1) is 23.0 Å². The third-order valence-corrected chi connectivity index (χ3v) is 2.91. The molecule has 1 aromatic carbocycles. The fraction of sp³-hybridized carbons (Fsp3) is 0.364. The van der Waals surface area contributed by atoms with Gasteiger partial charge in [-0.1, -0.05) is 12.1 Å². The van der Waals surface area contributed by atoms with Crippen molar-refractivity contribution in [2.45, 2.75) is 18.5 Å². The van der Waals surface area contributed by atoms with Gasteiger partial charge in [0, 0.05) is 6.54 Å². The summed E-state index contributed by atoms with van der Waals surface area (Å²) in [5.41, 5.74) is 2.16. The molecule has 2 heterocycles. The van der Waals surface area contributed by atoms with Crippen molar-refractivity contribution in [3.05, 3.63) is 30.1 Å². The van der Waals surface area contributed by atoms with E-state index in [1.807, 2.05) is 18.2 Å². The van der Waals surface area contributed by atoms with Crippen LogP contribution in [0.3, 0.4) is 0 Å². The van der Waals surface area contributed by atoms with E-state index in [0.29, 0.717) is 13.2 Å². The highest BCUT2D eigenvalue weighted by Gasteiger charge is 2.18. The van der Waals surface area contributed by atoms with Crippen LogP contribution in [0.1, 0.15) is 5.82 Å². The largest absolute Gasteiger partial charge is 0.372 e. The molecule has 3 rings (SSSR count). The Morgan fingerprint density at radius 3 is 3.20 bits per heavy atom. The lowest BCUT2D eigenvalue weighted by Gasteiger charge is -2.06. The van der Waals surface area contributed by atoms with E-state index in [4.69, 9.17) is 16.3 Å². The number of nitrogens with zero attached hydrogens (tertiary/aromatic N) is 2. The number of imidazole rings is 1. The van der Waals surface area contributed by atoms with Gasteiger partial charge in [-0.25, -0.2) is 4.98 Å². The standard InChI is InChI=1S/C11H11ClN2O/c12-8-5-14-10-4-2-1-3-9(10)13-11(14)7-15-6-8/h1-4,8H,5-7H2. The van der Waals surface area contributed by atoms with Crippen LogP contribution >= 0.6 is 11.6 Å². The second-order valence-corrected chi connectivity index (χ2v) is 4.36. The summed E-state index contributed by atoms with van der Waals surface area (Å²) in [5.74, 6) is 0.972. The van der Waals surface area contributed by atoms with Crippen molar-refractivity contribution in [2.24, 2.45) is 0 Å². The lowest BCUT2D eigenvalue weighted by Crippen LogP contribution is -2.12. The van der Waals surface area contributed by atoms with E-state index in [1.54, 1.807) is 0 Å². The summed E-state index contributed by atoms with van der Waals surface area (Å²) in [6.45, 7) is 1.93. The van der Waals surface area contributed by atoms with E-state index in [9.17, 15) is 0 Å². The second-order valence-electron chi connectivity index (χ2n) is 3.74. The molecule has 3 nitrogen and oxygen atoms in total. The first-order chi connectivity index (χ1) is 7.34. The van der Waals surface area contributed by atoms with E-state index in [2.05, 4.69) is 15.6 Å². The zero-order valence-electron chi connectivity index (χ0n) is 8.19. The Kier molecular flexibility index (Phi) is 2.15. The summed E-state index contributed by atoms with van der Waals surface area (Å²) in [6.07, 6.45) is 0. The Bertz CT molecular complexity index is 494. The van der Waals surface area contributed by atoms with Gasteiger partial charge in [-0.15, -0.1) is 11.6 Å². The predicted molar refractivity (Wildman–Crippen MR) is 59.0 cm³/mol. The lowest BCUT2D eigenvalue weighted by atomic mass is 10.3. The highest BCUT2D eigenvalue weighted by Crippen LogP contribution is 2.20. The van der Waals surface area contributed by atoms with Gasteiger partial charge in [0.2, 0.25) is 0 Å². The first kappa shape index (κ1) is 9.19. The fourth-order valence-electron chi connectivity index (χ4n) is 1.97. The highest BCUT2D eigenvalue weighted by molar-refractivity contribution is 6.20. The third kappa shape index (κ3) is 1.52. The number of hydrogen-bond donors (Lipinski definition) is 0. The normalized spacial score (nSPS) is 21.3. The van der Waals surface area contributed by atoms with Crippen molar-refractivity contribution < 1.29 is 4.74 Å². The van der Waals surface area contributed by atoms with Crippen LogP contribution < -0.4 is 0 Å². The molecule has 0 saturated heterocycles. The Balaban J connectivity index is 2.20. The van der Waals surface area contributed by atoms with E-state index in [0.717, 1.165) is 23.4 Å². The zero-order chi connectivity index (χ0) is 10.3. The number of para-hydroxylation sites is 2. The van der Waals surface area contributed by atoms with E-state index in [1.165, 1.54) is 0 Å². The van der Waals surface area contributed by atoms with Crippen LogP contribution in [0.5, 0.6) is 0 Å². The van der Waals surface area contributed by atoms with Crippen molar-refractivity contribution >= 4 is 22.6 Å².